The van der Waals surface area contributed by atoms with Gasteiger partial charge in [0.25, 0.3) is 0 Å². The molecule has 1 aliphatic carbocycles. The molecule has 3 rings (SSSR count). The summed E-state index contributed by atoms with van der Waals surface area (Å²) in [6.45, 7) is 10.7. The SMILES string of the molecule is COc1ccc(F)c(-c2cc(F)c(CC(C)(C)C)cc2C2=CCCC2(C)C)c1. The minimum atomic E-state index is -0.374. The number of allylic oxidation sites excluding steroid dienone is 2. The van der Waals surface area contributed by atoms with Crippen molar-refractivity contribution in [2.45, 2.75) is 53.9 Å². The smallest absolute Gasteiger partial charge is 0.131 e. The molecule has 28 heavy (non-hydrogen) atoms. The number of halogens is 2. The van der Waals surface area contributed by atoms with Crippen LogP contribution in [0, 0.1) is 22.5 Å². The van der Waals surface area contributed by atoms with E-state index in [1.54, 1.807) is 19.2 Å². The van der Waals surface area contributed by atoms with Crippen LogP contribution in [0.5, 0.6) is 5.75 Å². The number of rotatable bonds is 4. The van der Waals surface area contributed by atoms with Gasteiger partial charge in [0.1, 0.15) is 17.4 Å². The van der Waals surface area contributed by atoms with E-state index in [4.69, 9.17) is 4.74 Å². The quantitative estimate of drug-likeness (QED) is 0.532. The van der Waals surface area contributed by atoms with E-state index < -0.39 is 0 Å². The molecule has 150 valence electrons. The van der Waals surface area contributed by atoms with E-state index >= 15 is 4.39 Å². The molecule has 0 spiro atoms. The maximum atomic E-state index is 15.1. The first-order valence-corrected chi connectivity index (χ1v) is 9.89. The standard InChI is InChI=1S/C25H30F2O/c1-24(2,3)15-16-12-19(21-8-7-11-25(21,4)5)18(14-23(16)27)20-13-17(28-6)9-10-22(20)26/h8-10,12-14H,7,11,15H2,1-6H3. The van der Waals surface area contributed by atoms with Gasteiger partial charge in [0.05, 0.1) is 7.11 Å². The summed E-state index contributed by atoms with van der Waals surface area (Å²) in [4.78, 5) is 0. The highest BCUT2D eigenvalue weighted by Crippen LogP contribution is 2.48. The highest BCUT2D eigenvalue weighted by molar-refractivity contribution is 5.85. The van der Waals surface area contributed by atoms with Crippen LogP contribution < -0.4 is 4.74 Å². The lowest BCUT2D eigenvalue weighted by Crippen LogP contribution is -2.13. The fourth-order valence-electron chi connectivity index (χ4n) is 4.07. The number of hydrogen-bond acceptors (Lipinski definition) is 1. The van der Waals surface area contributed by atoms with Crippen LogP contribution in [-0.4, -0.2) is 7.11 Å². The first-order chi connectivity index (χ1) is 13.0. The minimum Gasteiger partial charge on any atom is -0.497 e. The van der Waals surface area contributed by atoms with E-state index in [0.29, 0.717) is 28.9 Å². The van der Waals surface area contributed by atoms with Gasteiger partial charge in [0.2, 0.25) is 0 Å². The van der Waals surface area contributed by atoms with Crippen LogP contribution in [-0.2, 0) is 6.42 Å². The fraction of sp³-hybridized carbons (Fsp3) is 0.440. The van der Waals surface area contributed by atoms with Crippen molar-refractivity contribution < 1.29 is 13.5 Å². The summed E-state index contributed by atoms with van der Waals surface area (Å²) in [5, 5.41) is 0. The summed E-state index contributed by atoms with van der Waals surface area (Å²) in [5.74, 6) is -0.102. The Labute approximate surface area is 167 Å². The molecule has 2 aromatic rings. The molecule has 0 unspecified atom stereocenters. The molecular formula is C25H30F2O. The lowest BCUT2D eigenvalue weighted by atomic mass is 9.78. The summed E-state index contributed by atoms with van der Waals surface area (Å²) in [5.41, 5.74) is 3.67. The molecule has 0 atom stereocenters. The van der Waals surface area contributed by atoms with Crippen molar-refractivity contribution in [1.82, 2.24) is 0 Å². The molecule has 3 heteroatoms. The average molecular weight is 385 g/mol. The molecule has 0 amide bonds. The number of benzene rings is 2. The molecular weight excluding hydrogens is 354 g/mol. The van der Waals surface area contributed by atoms with Gasteiger partial charge in [-0.15, -0.1) is 0 Å². The zero-order valence-corrected chi connectivity index (χ0v) is 17.7. The zero-order chi connectivity index (χ0) is 20.7. The lowest BCUT2D eigenvalue weighted by molar-refractivity contribution is 0.402. The second-order valence-electron chi connectivity index (χ2n) is 9.61. The van der Waals surface area contributed by atoms with E-state index in [9.17, 15) is 4.39 Å². The fourth-order valence-corrected chi connectivity index (χ4v) is 4.07. The Kier molecular flexibility index (Phi) is 5.40. The number of ether oxygens (including phenoxy) is 1. The normalized spacial score (nSPS) is 16.2. The average Bonchev–Trinajstić information content (AvgIpc) is 2.95. The summed E-state index contributed by atoms with van der Waals surface area (Å²) < 4.78 is 35.1. The molecule has 0 aromatic heterocycles. The summed E-state index contributed by atoms with van der Waals surface area (Å²) in [6, 6.07) is 8.06. The highest BCUT2D eigenvalue weighted by atomic mass is 19.1. The molecule has 0 radical (unpaired) electrons. The van der Waals surface area contributed by atoms with Crippen LogP contribution in [0.25, 0.3) is 16.7 Å². The largest absolute Gasteiger partial charge is 0.497 e. The number of hydrogen-bond donors (Lipinski definition) is 0. The Hall–Kier alpha value is -2.16. The Bertz CT molecular complexity index is 917. The third-order valence-electron chi connectivity index (χ3n) is 5.51. The Morgan fingerprint density at radius 3 is 2.25 bits per heavy atom. The molecule has 1 aliphatic rings. The van der Waals surface area contributed by atoms with E-state index in [1.807, 2.05) is 6.07 Å². The first-order valence-electron chi connectivity index (χ1n) is 9.89. The molecule has 1 nitrogen and oxygen atoms in total. The molecule has 2 aromatic carbocycles. The van der Waals surface area contributed by atoms with Crippen molar-refractivity contribution in [1.29, 1.82) is 0 Å². The van der Waals surface area contributed by atoms with Gasteiger partial charge in [0, 0.05) is 5.56 Å². The Morgan fingerprint density at radius 1 is 0.964 bits per heavy atom. The molecule has 0 N–H and O–H groups in total. The van der Waals surface area contributed by atoms with Gasteiger partial charge in [-0.2, -0.15) is 0 Å². The van der Waals surface area contributed by atoms with Crippen LogP contribution in [0.1, 0.15) is 58.6 Å². The maximum Gasteiger partial charge on any atom is 0.131 e. The topological polar surface area (TPSA) is 9.23 Å². The van der Waals surface area contributed by atoms with Crippen molar-refractivity contribution in [2.24, 2.45) is 10.8 Å². The van der Waals surface area contributed by atoms with Gasteiger partial charge in [-0.05, 0) is 82.7 Å². The van der Waals surface area contributed by atoms with Crippen LogP contribution >= 0.6 is 0 Å². The van der Waals surface area contributed by atoms with Gasteiger partial charge in [-0.3, -0.25) is 0 Å². The monoisotopic (exact) mass is 384 g/mol. The van der Waals surface area contributed by atoms with Gasteiger partial charge < -0.3 is 4.74 Å². The second-order valence-corrected chi connectivity index (χ2v) is 9.61. The molecule has 0 fully saturated rings. The third kappa shape index (κ3) is 4.14. The predicted octanol–water partition coefficient (Wildman–Crippen LogP) is 7.43. The van der Waals surface area contributed by atoms with E-state index in [-0.39, 0.29) is 22.5 Å². The maximum absolute atomic E-state index is 15.1. The Balaban J connectivity index is 2.26. The lowest BCUT2D eigenvalue weighted by Gasteiger charge is -2.27. The molecule has 0 heterocycles. The number of methoxy groups -OCH3 is 1. The van der Waals surface area contributed by atoms with E-state index in [1.165, 1.54) is 17.7 Å². The predicted molar refractivity (Wildman–Crippen MR) is 112 cm³/mol. The van der Waals surface area contributed by atoms with Crippen molar-refractivity contribution in [2.75, 3.05) is 7.11 Å². The van der Waals surface area contributed by atoms with Crippen LogP contribution in [0.15, 0.2) is 36.4 Å². The van der Waals surface area contributed by atoms with E-state index in [2.05, 4.69) is 40.7 Å². The van der Waals surface area contributed by atoms with Gasteiger partial charge in [-0.1, -0.05) is 40.7 Å². The van der Waals surface area contributed by atoms with Crippen LogP contribution in [0.2, 0.25) is 0 Å². The van der Waals surface area contributed by atoms with Crippen molar-refractivity contribution in [3.63, 3.8) is 0 Å². The third-order valence-corrected chi connectivity index (χ3v) is 5.51. The van der Waals surface area contributed by atoms with Crippen LogP contribution in [0.3, 0.4) is 0 Å². The molecule has 0 saturated carbocycles. The minimum absolute atomic E-state index is 0.0269. The summed E-state index contributed by atoms with van der Waals surface area (Å²) >= 11 is 0. The first kappa shape index (κ1) is 20.6. The van der Waals surface area contributed by atoms with Gasteiger partial charge in [-0.25, -0.2) is 8.78 Å². The molecule has 0 bridgehead atoms. The van der Waals surface area contributed by atoms with E-state index in [0.717, 1.165) is 18.4 Å². The summed E-state index contributed by atoms with van der Waals surface area (Å²) in [7, 11) is 1.55. The van der Waals surface area contributed by atoms with Crippen molar-refractivity contribution >= 4 is 5.57 Å². The van der Waals surface area contributed by atoms with Crippen molar-refractivity contribution in [3.8, 4) is 16.9 Å². The molecule has 0 aliphatic heterocycles. The Morgan fingerprint density at radius 2 is 1.68 bits per heavy atom. The highest BCUT2D eigenvalue weighted by Gasteiger charge is 2.31. The molecule has 0 saturated heterocycles. The summed E-state index contributed by atoms with van der Waals surface area (Å²) in [6.07, 6.45) is 4.86. The van der Waals surface area contributed by atoms with Crippen molar-refractivity contribution in [3.05, 3.63) is 59.2 Å². The van der Waals surface area contributed by atoms with Gasteiger partial charge >= 0.3 is 0 Å². The zero-order valence-electron chi connectivity index (χ0n) is 17.7. The van der Waals surface area contributed by atoms with Crippen LogP contribution in [0.4, 0.5) is 8.78 Å². The second kappa shape index (κ2) is 7.35. The van der Waals surface area contributed by atoms with Gasteiger partial charge in [0.15, 0.2) is 0 Å².